The Kier molecular flexibility index (Phi) is 5.15. The van der Waals surface area contributed by atoms with E-state index in [9.17, 15) is 9.59 Å². The van der Waals surface area contributed by atoms with E-state index in [2.05, 4.69) is 10.7 Å². The summed E-state index contributed by atoms with van der Waals surface area (Å²) in [5, 5.41) is 4.16. The van der Waals surface area contributed by atoms with E-state index >= 15 is 0 Å². The molecule has 5 nitrogen and oxygen atoms in total. The van der Waals surface area contributed by atoms with Gasteiger partial charge >= 0.3 is 0 Å². The number of nitrogens with zero attached hydrogens (tertiary/aromatic N) is 1. The third-order valence-electron chi connectivity index (χ3n) is 1.64. The van der Waals surface area contributed by atoms with Gasteiger partial charge in [0.05, 0.1) is 0 Å². The van der Waals surface area contributed by atoms with Crippen LogP contribution in [0.15, 0.2) is 0 Å². The molecule has 0 radical (unpaired) electrons. The molecule has 0 spiro atoms. The predicted octanol–water partition coefficient (Wildman–Crippen LogP) is -0.260. The lowest BCUT2D eigenvalue weighted by atomic mass is 10.0. The summed E-state index contributed by atoms with van der Waals surface area (Å²) in [6.45, 7) is 5.17. The molecule has 0 heterocycles. The van der Waals surface area contributed by atoms with Crippen LogP contribution in [0.25, 0.3) is 0 Å². The highest BCUT2D eigenvalue weighted by Gasteiger charge is 2.22. The van der Waals surface area contributed by atoms with Gasteiger partial charge < -0.3 is 5.32 Å². The molecule has 5 heteroatoms. The van der Waals surface area contributed by atoms with Crippen LogP contribution in [0.4, 0.5) is 0 Å². The first-order valence-electron chi connectivity index (χ1n) is 4.59. The summed E-state index contributed by atoms with van der Waals surface area (Å²) in [6, 6.07) is -0.477. The van der Waals surface area contributed by atoms with Crippen molar-refractivity contribution in [2.24, 2.45) is 5.92 Å². The van der Waals surface area contributed by atoms with Crippen LogP contribution in [0, 0.1) is 5.92 Å². The van der Waals surface area contributed by atoms with Crippen molar-refractivity contribution in [3.05, 3.63) is 0 Å². The Labute approximate surface area is 84.8 Å². The third kappa shape index (κ3) is 4.81. The van der Waals surface area contributed by atoms with Crippen molar-refractivity contribution in [1.29, 1.82) is 0 Å². The molecule has 0 aromatic carbocycles. The lowest BCUT2D eigenvalue weighted by Gasteiger charge is -2.23. The Morgan fingerprint density at radius 2 is 1.71 bits per heavy atom. The van der Waals surface area contributed by atoms with Crippen molar-refractivity contribution >= 4 is 11.8 Å². The average molecular weight is 201 g/mol. The van der Waals surface area contributed by atoms with Gasteiger partial charge in [-0.15, -0.1) is 0 Å². The smallest absolute Gasteiger partial charge is 0.257 e. The van der Waals surface area contributed by atoms with Gasteiger partial charge in [0.2, 0.25) is 5.91 Å². The normalized spacial score (nSPS) is 12.8. The van der Waals surface area contributed by atoms with Crippen LogP contribution in [0.2, 0.25) is 0 Å². The Morgan fingerprint density at radius 3 is 2.00 bits per heavy atom. The number of carbonyl (C=O) groups is 2. The molecular weight excluding hydrogens is 182 g/mol. The molecule has 0 aliphatic rings. The first-order valence-corrected chi connectivity index (χ1v) is 4.59. The number of hydrazine groups is 1. The minimum Gasteiger partial charge on any atom is -0.344 e. The van der Waals surface area contributed by atoms with E-state index in [1.54, 1.807) is 19.1 Å². The zero-order valence-electron chi connectivity index (χ0n) is 9.42. The minimum atomic E-state index is -0.477. The van der Waals surface area contributed by atoms with E-state index in [0.717, 1.165) is 0 Å². The number of nitrogens with one attached hydrogen (secondary N) is 2. The highest BCUT2D eigenvalue weighted by atomic mass is 16.2. The summed E-state index contributed by atoms with van der Waals surface area (Å²) in [4.78, 5) is 22.4. The molecule has 14 heavy (non-hydrogen) atoms. The summed E-state index contributed by atoms with van der Waals surface area (Å²) in [7, 11) is 3.45. The van der Waals surface area contributed by atoms with E-state index in [0.29, 0.717) is 0 Å². The van der Waals surface area contributed by atoms with Gasteiger partial charge in [-0.25, -0.2) is 5.01 Å². The van der Waals surface area contributed by atoms with Crippen molar-refractivity contribution < 1.29 is 9.59 Å². The average Bonchev–Trinajstić information content (AvgIpc) is 1.97. The molecule has 2 N–H and O–H groups in total. The van der Waals surface area contributed by atoms with Gasteiger partial charge in [0.15, 0.2) is 0 Å². The van der Waals surface area contributed by atoms with E-state index in [1.807, 2.05) is 13.8 Å². The molecular formula is C9H19N3O2. The maximum Gasteiger partial charge on any atom is 0.257 e. The van der Waals surface area contributed by atoms with Crippen LogP contribution in [-0.2, 0) is 9.59 Å². The monoisotopic (exact) mass is 201 g/mol. The maximum absolute atomic E-state index is 11.6. The number of hydrogen-bond donors (Lipinski definition) is 2. The summed E-state index contributed by atoms with van der Waals surface area (Å²) < 4.78 is 0. The Balaban J connectivity index is 4.33. The molecule has 2 amide bonds. The molecule has 82 valence electrons. The third-order valence-corrected chi connectivity index (χ3v) is 1.64. The number of amides is 2. The molecule has 0 aromatic heterocycles. The molecule has 1 atom stereocenters. The molecule has 0 aromatic rings. The summed E-state index contributed by atoms with van der Waals surface area (Å²) >= 11 is 0. The van der Waals surface area contributed by atoms with Crippen molar-refractivity contribution in [2.45, 2.75) is 26.8 Å². The van der Waals surface area contributed by atoms with Crippen LogP contribution < -0.4 is 10.7 Å². The van der Waals surface area contributed by atoms with Crippen molar-refractivity contribution in [3.63, 3.8) is 0 Å². The zero-order valence-corrected chi connectivity index (χ0v) is 9.42. The van der Waals surface area contributed by atoms with Gasteiger partial charge in [0.1, 0.15) is 6.04 Å². The van der Waals surface area contributed by atoms with Crippen molar-refractivity contribution in [2.75, 3.05) is 14.1 Å². The quantitative estimate of drug-likeness (QED) is 0.616. The van der Waals surface area contributed by atoms with Gasteiger partial charge in [0, 0.05) is 21.0 Å². The SMILES string of the molecule is CC(=O)N[C@@H](C(=O)NN(C)C)C(C)C. The Morgan fingerprint density at radius 1 is 1.21 bits per heavy atom. The molecule has 0 rings (SSSR count). The first-order chi connectivity index (χ1) is 6.34. The Bertz CT molecular complexity index is 214. The van der Waals surface area contributed by atoms with E-state index in [1.165, 1.54) is 6.92 Å². The zero-order chi connectivity index (χ0) is 11.3. The molecule has 0 aliphatic carbocycles. The number of carbonyl (C=O) groups excluding carboxylic acids is 2. The second kappa shape index (κ2) is 5.59. The van der Waals surface area contributed by atoms with Gasteiger partial charge in [-0.05, 0) is 5.92 Å². The van der Waals surface area contributed by atoms with Crippen LogP contribution in [0.3, 0.4) is 0 Å². The fourth-order valence-corrected chi connectivity index (χ4v) is 1.04. The van der Waals surface area contributed by atoms with Crippen molar-refractivity contribution in [1.82, 2.24) is 15.8 Å². The predicted molar refractivity (Wildman–Crippen MR) is 54.3 cm³/mol. The van der Waals surface area contributed by atoms with Gasteiger partial charge in [-0.2, -0.15) is 0 Å². The van der Waals surface area contributed by atoms with Gasteiger partial charge in [0.25, 0.3) is 5.91 Å². The summed E-state index contributed by atoms with van der Waals surface area (Å²) in [5.74, 6) is -0.323. The van der Waals surface area contributed by atoms with E-state index < -0.39 is 6.04 Å². The van der Waals surface area contributed by atoms with Crippen LogP contribution >= 0.6 is 0 Å². The summed E-state index contributed by atoms with van der Waals surface area (Å²) in [5.41, 5.74) is 2.61. The fraction of sp³-hybridized carbons (Fsp3) is 0.778. The second-order valence-electron chi connectivity index (χ2n) is 3.79. The topological polar surface area (TPSA) is 61.4 Å². The fourth-order valence-electron chi connectivity index (χ4n) is 1.04. The molecule has 0 aliphatic heterocycles. The highest BCUT2D eigenvalue weighted by molar-refractivity contribution is 5.86. The molecule has 0 fully saturated rings. The van der Waals surface area contributed by atoms with E-state index in [4.69, 9.17) is 0 Å². The minimum absolute atomic E-state index is 0.0684. The van der Waals surface area contributed by atoms with Crippen LogP contribution in [0.5, 0.6) is 0 Å². The van der Waals surface area contributed by atoms with Gasteiger partial charge in [-0.3, -0.25) is 15.0 Å². The van der Waals surface area contributed by atoms with E-state index in [-0.39, 0.29) is 17.7 Å². The largest absolute Gasteiger partial charge is 0.344 e. The number of hydrogen-bond acceptors (Lipinski definition) is 3. The molecule has 0 saturated heterocycles. The summed E-state index contributed by atoms with van der Waals surface area (Å²) in [6.07, 6.45) is 0. The lowest BCUT2D eigenvalue weighted by molar-refractivity contribution is -0.131. The van der Waals surface area contributed by atoms with Crippen LogP contribution in [-0.4, -0.2) is 37.0 Å². The van der Waals surface area contributed by atoms with Crippen molar-refractivity contribution in [3.8, 4) is 0 Å². The number of rotatable bonds is 4. The maximum atomic E-state index is 11.6. The lowest BCUT2D eigenvalue weighted by Crippen LogP contribution is -2.52. The highest BCUT2D eigenvalue weighted by Crippen LogP contribution is 2.01. The molecule has 0 unspecified atom stereocenters. The standard InChI is InChI=1S/C9H19N3O2/c1-6(2)8(10-7(3)13)9(14)11-12(4)5/h6,8H,1-5H3,(H,10,13)(H,11,14)/t8-/m1/s1. The van der Waals surface area contributed by atoms with Gasteiger partial charge in [-0.1, -0.05) is 13.8 Å². The molecule has 0 bridgehead atoms. The second-order valence-corrected chi connectivity index (χ2v) is 3.79. The Hall–Kier alpha value is -1.10. The molecule has 0 saturated carbocycles. The first kappa shape index (κ1) is 12.9. The van der Waals surface area contributed by atoms with Crippen LogP contribution in [0.1, 0.15) is 20.8 Å².